The van der Waals surface area contributed by atoms with Crippen LogP contribution < -0.4 is 14.4 Å². The van der Waals surface area contributed by atoms with Crippen LogP contribution in [0.15, 0.2) is 48.7 Å². The highest BCUT2D eigenvalue weighted by Crippen LogP contribution is 2.50. The Morgan fingerprint density at radius 3 is 2.52 bits per heavy atom. The van der Waals surface area contributed by atoms with E-state index in [1.165, 1.54) is 12.3 Å². The van der Waals surface area contributed by atoms with Crippen LogP contribution in [0.2, 0.25) is 5.02 Å². The van der Waals surface area contributed by atoms with Crippen LogP contribution in [-0.2, 0) is 23.2 Å². The monoisotopic (exact) mass is 658 g/mol. The third-order valence-electron chi connectivity index (χ3n) is 8.76. The van der Waals surface area contributed by atoms with E-state index in [1.807, 2.05) is 24.3 Å². The molecule has 3 aliphatic rings. The molecule has 5 heterocycles. The molecule has 14 heteroatoms. The van der Waals surface area contributed by atoms with Gasteiger partial charge < -0.3 is 24.1 Å². The number of nitrogens with zero attached hydrogens (tertiary/aromatic N) is 5. The van der Waals surface area contributed by atoms with Crippen molar-refractivity contribution in [1.29, 1.82) is 0 Å². The van der Waals surface area contributed by atoms with Crippen LogP contribution in [0, 0.1) is 5.82 Å². The molecule has 0 radical (unpaired) electrons. The summed E-state index contributed by atoms with van der Waals surface area (Å²) < 4.78 is 72.3. The lowest BCUT2D eigenvalue weighted by Gasteiger charge is -2.34. The van der Waals surface area contributed by atoms with E-state index in [0.717, 1.165) is 42.9 Å². The van der Waals surface area contributed by atoms with Gasteiger partial charge >= 0.3 is 6.18 Å². The molecule has 0 aliphatic carbocycles. The minimum atomic E-state index is -4.62. The smallest absolute Gasteiger partial charge is 0.444 e. The molecule has 2 saturated heterocycles. The maximum Gasteiger partial charge on any atom is 0.451 e. The quantitative estimate of drug-likeness (QED) is 0.234. The first-order valence-corrected chi connectivity index (χ1v) is 15.5. The average molecular weight is 659 g/mol. The Hall–Kier alpha value is -3.94. The number of alkyl halides is 3. The van der Waals surface area contributed by atoms with Crippen LogP contribution in [-0.4, -0.2) is 64.5 Å². The number of hydrogen-bond donors (Lipinski definition) is 1. The molecule has 0 saturated carbocycles. The van der Waals surface area contributed by atoms with Crippen LogP contribution in [0.5, 0.6) is 11.5 Å². The predicted octanol–water partition coefficient (Wildman–Crippen LogP) is 6.54. The molecule has 0 unspecified atom stereocenters. The second-order valence-corrected chi connectivity index (χ2v) is 12.2. The number of likely N-dealkylation sites (tertiary alicyclic amines) is 1. The molecule has 4 aromatic rings. The average Bonchev–Trinajstić information content (AvgIpc) is 3.68. The standard InChI is InChI=1S/C32H31ClF4N6O3/c1-31(23-6-5-21(33)16-24(23)34)45-27-4-2-3-22(28(27)46-31)19-7-9-42(10-8-19)18-25-26(43-11-13-44-14-12-43)15-20(17-38-25)29-39-30(41-40-29)32(35,36)37/h2-6,15-17,19H,7-14,18H2,1H3,(H,39,40,41)/t31-/m0/s1. The van der Waals surface area contributed by atoms with Crippen molar-refractivity contribution in [2.45, 2.75) is 44.2 Å². The van der Waals surface area contributed by atoms with Gasteiger partial charge in [0.15, 0.2) is 17.3 Å². The molecule has 46 heavy (non-hydrogen) atoms. The summed E-state index contributed by atoms with van der Waals surface area (Å²) in [5.41, 5.74) is 3.40. The fraction of sp³-hybridized carbons (Fsp3) is 0.406. The number of H-pyrrole nitrogens is 1. The van der Waals surface area contributed by atoms with Crippen molar-refractivity contribution in [3.63, 3.8) is 0 Å². The highest BCUT2D eigenvalue weighted by Gasteiger charge is 2.43. The van der Waals surface area contributed by atoms with Crippen molar-refractivity contribution in [2.24, 2.45) is 0 Å². The van der Waals surface area contributed by atoms with Gasteiger partial charge in [-0.25, -0.2) is 4.39 Å². The number of benzene rings is 2. The van der Waals surface area contributed by atoms with Crippen LogP contribution in [0.3, 0.4) is 0 Å². The van der Waals surface area contributed by atoms with Crippen LogP contribution in [0.4, 0.5) is 23.2 Å². The Balaban J connectivity index is 1.07. The molecule has 7 rings (SSSR count). The van der Waals surface area contributed by atoms with E-state index >= 15 is 0 Å². The van der Waals surface area contributed by atoms with Crippen molar-refractivity contribution in [3.8, 4) is 22.9 Å². The summed E-state index contributed by atoms with van der Waals surface area (Å²) in [6, 6.07) is 12.1. The normalized spacial score (nSPS) is 20.8. The zero-order valence-electron chi connectivity index (χ0n) is 24.9. The highest BCUT2D eigenvalue weighted by atomic mass is 35.5. The van der Waals surface area contributed by atoms with E-state index in [0.29, 0.717) is 54.9 Å². The molecule has 9 nitrogen and oxygen atoms in total. The second-order valence-electron chi connectivity index (χ2n) is 11.8. The fourth-order valence-electron chi connectivity index (χ4n) is 6.38. The Morgan fingerprint density at radius 2 is 1.80 bits per heavy atom. The zero-order chi connectivity index (χ0) is 32.1. The number of aromatic amines is 1. The van der Waals surface area contributed by atoms with Crippen molar-refractivity contribution >= 4 is 17.3 Å². The maximum atomic E-state index is 14.8. The molecule has 2 aromatic carbocycles. The number of pyridine rings is 1. The molecular weight excluding hydrogens is 628 g/mol. The van der Waals surface area contributed by atoms with Gasteiger partial charge in [0.25, 0.3) is 5.79 Å². The van der Waals surface area contributed by atoms with Crippen molar-refractivity contribution in [1.82, 2.24) is 25.1 Å². The van der Waals surface area contributed by atoms with E-state index in [2.05, 4.69) is 25.0 Å². The summed E-state index contributed by atoms with van der Waals surface area (Å²) >= 11 is 5.97. The summed E-state index contributed by atoms with van der Waals surface area (Å²) in [5.74, 6) is -1.54. The van der Waals surface area contributed by atoms with Crippen LogP contribution in [0.1, 0.15) is 48.3 Å². The number of nitrogens with one attached hydrogen (secondary N) is 1. The lowest BCUT2D eigenvalue weighted by atomic mass is 9.88. The van der Waals surface area contributed by atoms with E-state index < -0.39 is 23.6 Å². The molecule has 0 bridgehead atoms. The lowest BCUT2D eigenvalue weighted by molar-refractivity contribution is -0.144. The molecule has 3 aliphatic heterocycles. The molecule has 0 amide bonds. The SMILES string of the molecule is C[C@]1(c2ccc(Cl)cc2F)Oc2cccc(C3CCN(Cc4ncc(-c5nnc(C(F)(F)F)[nH]5)cc4N4CCOCC4)CC3)c2O1. The third-order valence-corrected chi connectivity index (χ3v) is 9.00. The summed E-state index contributed by atoms with van der Waals surface area (Å²) in [6.45, 7) is 6.24. The lowest BCUT2D eigenvalue weighted by Crippen LogP contribution is -2.38. The number of hydrogen-bond acceptors (Lipinski definition) is 8. The Morgan fingerprint density at radius 1 is 1.02 bits per heavy atom. The number of aromatic nitrogens is 4. The molecular formula is C32H31ClF4N6O3. The Labute approximate surface area is 267 Å². The maximum absolute atomic E-state index is 14.8. The van der Waals surface area contributed by atoms with Gasteiger partial charge in [-0.3, -0.25) is 9.88 Å². The molecule has 2 fully saturated rings. The van der Waals surface area contributed by atoms with Gasteiger partial charge in [0.05, 0.1) is 30.2 Å². The molecule has 1 N–H and O–H groups in total. The van der Waals surface area contributed by atoms with E-state index in [1.54, 1.807) is 19.1 Å². The van der Waals surface area contributed by atoms with Gasteiger partial charge in [0.1, 0.15) is 5.82 Å². The number of ether oxygens (including phenoxy) is 3. The van der Waals surface area contributed by atoms with E-state index in [9.17, 15) is 17.6 Å². The van der Waals surface area contributed by atoms with Crippen molar-refractivity contribution in [2.75, 3.05) is 44.3 Å². The number of halogens is 5. The number of piperidine rings is 1. The summed E-state index contributed by atoms with van der Waals surface area (Å²) in [6.07, 6.45) is -1.37. The predicted molar refractivity (Wildman–Crippen MR) is 161 cm³/mol. The first-order valence-electron chi connectivity index (χ1n) is 15.1. The number of para-hydroxylation sites is 1. The largest absolute Gasteiger partial charge is 0.451 e. The topological polar surface area (TPSA) is 88.6 Å². The van der Waals surface area contributed by atoms with Crippen LogP contribution in [0.25, 0.3) is 11.4 Å². The van der Waals surface area contributed by atoms with Gasteiger partial charge in [-0.2, -0.15) is 13.2 Å². The summed E-state index contributed by atoms with van der Waals surface area (Å²) in [4.78, 5) is 11.5. The minimum Gasteiger partial charge on any atom is -0.444 e. The minimum absolute atomic E-state index is 0.0122. The van der Waals surface area contributed by atoms with Gasteiger partial charge in [-0.15, -0.1) is 10.2 Å². The highest BCUT2D eigenvalue weighted by molar-refractivity contribution is 6.30. The number of morpholine rings is 1. The molecule has 2 aromatic heterocycles. The molecule has 0 spiro atoms. The summed E-state index contributed by atoms with van der Waals surface area (Å²) in [5, 5.41) is 7.28. The van der Waals surface area contributed by atoms with Gasteiger partial charge in [0, 0.05) is 48.9 Å². The van der Waals surface area contributed by atoms with Crippen LogP contribution >= 0.6 is 11.6 Å². The van der Waals surface area contributed by atoms with Gasteiger partial charge in [0.2, 0.25) is 5.82 Å². The van der Waals surface area contributed by atoms with Crippen molar-refractivity contribution in [3.05, 3.63) is 82.1 Å². The summed E-state index contributed by atoms with van der Waals surface area (Å²) in [7, 11) is 0. The van der Waals surface area contributed by atoms with E-state index in [-0.39, 0.29) is 17.3 Å². The molecule has 1 atom stereocenters. The van der Waals surface area contributed by atoms with E-state index in [4.69, 9.17) is 30.8 Å². The number of fused-ring (bicyclic) bond motifs is 1. The zero-order valence-corrected chi connectivity index (χ0v) is 25.7. The second kappa shape index (κ2) is 12.0. The fourth-order valence-corrected chi connectivity index (χ4v) is 6.54. The van der Waals surface area contributed by atoms with Gasteiger partial charge in [-0.1, -0.05) is 23.7 Å². The Bertz CT molecular complexity index is 1740. The first-order chi connectivity index (χ1) is 22.1. The van der Waals surface area contributed by atoms with Gasteiger partial charge in [-0.05, 0) is 62.2 Å². The first kappa shape index (κ1) is 30.7. The Kier molecular flexibility index (Phi) is 8.02. The molecule has 242 valence electrons. The third kappa shape index (κ3) is 5.98. The number of rotatable bonds is 6. The van der Waals surface area contributed by atoms with Crippen molar-refractivity contribution < 1.29 is 31.8 Å². The number of anilines is 1.